The molecule has 0 radical (unpaired) electrons. The monoisotopic (exact) mass is 224 g/mol. The highest BCUT2D eigenvalue weighted by molar-refractivity contribution is 7.19. The van der Waals surface area contributed by atoms with Crippen molar-refractivity contribution in [1.29, 1.82) is 0 Å². The molecule has 0 amide bonds. The molecule has 72 valence electrons. The molecule has 0 fully saturated rings. The molecule has 14 heavy (non-hydrogen) atoms. The molecule has 3 heteroatoms. The first-order valence-electron chi connectivity index (χ1n) is 4.19. The molecule has 1 heterocycles. The molecule has 0 saturated heterocycles. The van der Waals surface area contributed by atoms with E-state index < -0.39 is 0 Å². The fourth-order valence-electron chi connectivity index (χ4n) is 1.22. The third-order valence-electron chi connectivity index (χ3n) is 1.95. The zero-order valence-corrected chi connectivity index (χ0v) is 9.23. The van der Waals surface area contributed by atoms with Crippen LogP contribution in [0.2, 0.25) is 4.34 Å². The molecule has 0 spiro atoms. The smallest absolute Gasteiger partial charge is 0.118 e. The topological polar surface area (TPSA) is 9.23 Å². The fourth-order valence-corrected chi connectivity index (χ4v) is 2.27. The second kappa shape index (κ2) is 4.03. The molecule has 0 saturated carbocycles. The van der Waals surface area contributed by atoms with Crippen LogP contribution < -0.4 is 4.74 Å². The minimum absolute atomic E-state index is 0.816. The predicted molar refractivity (Wildman–Crippen MR) is 61.3 cm³/mol. The van der Waals surface area contributed by atoms with E-state index >= 15 is 0 Å². The third-order valence-corrected chi connectivity index (χ3v) is 3.23. The summed E-state index contributed by atoms with van der Waals surface area (Å²) in [6.07, 6.45) is 0. The van der Waals surface area contributed by atoms with Gasteiger partial charge in [0, 0.05) is 4.88 Å². The molecule has 1 aromatic heterocycles. The minimum atomic E-state index is 0.816. The summed E-state index contributed by atoms with van der Waals surface area (Å²) in [5, 5.41) is 0. The first kappa shape index (κ1) is 9.56. The summed E-state index contributed by atoms with van der Waals surface area (Å²) >= 11 is 7.44. The van der Waals surface area contributed by atoms with E-state index in [1.165, 1.54) is 10.4 Å². The number of hydrogen-bond acceptors (Lipinski definition) is 2. The average Bonchev–Trinajstić information content (AvgIpc) is 2.65. The Morgan fingerprint density at radius 1 is 1.07 bits per heavy atom. The van der Waals surface area contributed by atoms with E-state index in [0.717, 1.165) is 10.1 Å². The normalized spacial score (nSPS) is 10.1. The lowest BCUT2D eigenvalue weighted by atomic mass is 10.2. The number of benzene rings is 1. The average molecular weight is 225 g/mol. The molecule has 2 aromatic rings. The van der Waals surface area contributed by atoms with E-state index in [1.54, 1.807) is 18.4 Å². The first-order chi connectivity index (χ1) is 6.79. The van der Waals surface area contributed by atoms with Crippen molar-refractivity contribution < 1.29 is 4.74 Å². The molecule has 0 bridgehead atoms. The zero-order valence-electron chi connectivity index (χ0n) is 7.66. The van der Waals surface area contributed by atoms with Crippen LogP contribution in [0.15, 0.2) is 36.4 Å². The molecular weight excluding hydrogens is 216 g/mol. The molecular formula is C11H9ClOS. The lowest BCUT2D eigenvalue weighted by Crippen LogP contribution is -1.81. The molecule has 0 atom stereocenters. The molecule has 1 nitrogen and oxygen atoms in total. The summed E-state index contributed by atoms with van der Waals surface area (Å²) in [5.74, 6) is 0.872. The summed E-state index contributed by atoms with van der Waals surface area (Å²) in [6, 6.07) is 11.9. The highest BCUT2D eigenvalue weighted by Crippen LogP contribution is 2.31. The Bertz CT molecular complexity index is 419. The second-order valence-electron chi connectivity index (χ2n) is 2.83. The van der Waals surface area contributed by atoms with Crippen molar-refractivity contribution in [2.45, 2.75) is 0 Å². The van der Waals surface area contributed by atoms with Gasteiger partial charge in [0.25, 0.3) is 0 Å². The molecule has 0 aliphatic rings. The van der Waals surface area contributed by atoms with Crippen molar-refractivity contribution in [3.8, 4) is 16.2 Å². The Morgan fingerprint density at radius 3 is 2.29 bits per heavy atom. The lowest BCUT2D eigenvalue weighted by Gasteiger charge is -2.00. The van der Waals surface area contributed by atoms with E-state index in [0.29, 0.717) is 0 Å². The molecule has 0 N–H and O–H groups in total. The minimum Gasteiger partial charge on any atom is -0.497 e. The van der Waals surface area contributed by atoms with Gasteiger partial charge in [0.1, 0.15) is 5.75 Å². The molecule has 0 aliphatic heterocycles. The SMILES string of the molecule is COc1ccc(-c2ccc(Cl)s2)cc1. The van der Waals surface area contributed by atoms with Crippen molar-refractivity contribution in [3.05, 3.63) is 40.7 Å². The van der Waals surface area contributed by atoms with E-state index in [1.807, 2.05) is 36.4 Å². The van der Waals surface area contributed by atoms with Crippen LogP contribution in [0.4, 0.5) is 0 Å². The molecule has 0 aliphatic carbocycles. The van der Waals surface area contributed by atoms with Gasteiger partial charge in [-0.15, -0.1) is 11.3 Å². The van der Waals surface area contributed by atoms with Crippen molar-refractivity contribution in [2.75, 3.05) is 7.11 Å². The van der Waals surface area contributed by atoms with Crippen molar-refractivity contribution >= 4 is 22.9 Å². The number of hydrogen-bond donors (Lipinski definition) is 0. The Kier molecular flexibility index (Phi) is 2.75. The van der Waals surface area contributed by atoms with E-state index in [4.69, 9.17) is 16.3 Å². The number of ether oxygens (including phenoxy) is 1. The summed E-state index contributed by atoms with van der Waals surface area (Å²) in [4.78, 5) is 1.18. The van der Waals surface area contributed by atoms with Gasteiger partial charge in [-0.05, 0) is 42.0 Å². The number of rotatable bonds is 2. The number of methoxy groups -OCH3 is 1. The van der Waals surface area contributed by atoms with Gasteiger partial charge in [-0.3, -0.25) is 0 Å². The Morgan fingerprint density at radius 2 is 1.79 bits per heavy atom. The molecule has 0 unspecified atom stereocenters. The van der Waals surface area contributed by atoms with Crippen molar-refractivity contribution in [3.63, 3.8) is 0 Å². The van der Waals surface area contributed by atoms with Gasteiger partial charge in [-0.2, -0.15) is 0 Å². The van der Waals surface area contributed by atoms with Crippen molar-refractivity contribution in [2.24, 2.45) is 0 Å². The summed E-state index contributed by atoms with van der Waals surface area (Å²) in [7, 11) is 1.66. The Hall–Kier alpha value is -0.990. The Balaban J connectivity index is 2.33. The van der Waals surface area contributed by atoms with Gasteiger partial charge < -0.3 is 4.74 Å². The maximum atomic E-state index is 5.86. The van der Waals surface area contributed by atoms with Crippen LogP contribution in [0.25, 0.3) is 10.4 Å². The van der Waals surface area contributed by atoms with Gasteiger partial charge in [0.15, 0.2) is 0 Å². The van der Waals surface area contributed by atoms with Gasteiger partial charge in [-0.25, -0.2) is 0 Å². The summed E-state index contributed by atoms with van der Waals surface area (Å²) < 4.78 is 5.90. The van der Waals surface area contributed by atoms with Gasteiger partial charge in [0.05, 0.1) is 11.4 Å². The molecule has 1 aromatic carbocycles. The van der Waals surface area contributed by atoms with Crippen LogP contribution in [-0.4, -0.2) is 7.11 Å². The number of thiophene rings is 1. The van der Waals surface area contributed by atoms with Gasteiger partial charge in [0.2, 0.25) is 0 Å². The van der Waals surface area contributed by atoms with Crippen LogP contribution in [-0.2, 0) is 0 Å². The Labute approximate surface area is 91.9 Å². The van der Waals surface area contributed by atoms with E-state index in [2.05, 4.69) is 0 Å². The van der Waals surface area contributed by atoms with E-state index in [-0.39, 0.29) is 0 Å². The highest BCUT2D eigenvalue weighted by Gasteiger charge is 2.01. The maximum absolute atomic E-state index is 5.86. The van der Waals surface area contributed by atoms with Crippen LogP contribution in [0.5, 0.6) is 5.75 Å². The second-order valence-corrected chi connectivity index (χ2v) is 4.55. The first-order valence-corrected chi connectivity index (χ1v) is 5.39. The lowest BCUT2D eigenvalue weighted by molar-refractivity contribution is 0.415. The van der Waals surface area contributed by atoms with E-state index in [9.17, 15) is 0 Å². The summed E-state index contributed by atoms with van der Waals surface area (Å²) in [5.41, 5.74) is 1.17. The van der Waals surface area contributed by atoms with Crippen molar-refractivity contribution in [1.82, 2.24) is 0 Å². The summed E-state index contributed by atoms with van der Waals surface area (Å²) in [6.45, 7) is 0. The van der Waals surface area contributed by atoms with Gasteiger partial charge in [-0.1, -0.05) is 11.6 Å². The largest absolute Gasteiger partial charge is 0.497 e. The van der Waals surface area contributed by atoms with Crippen LogP contribution in [0.1, 0.15) is 0 Å². The fraction of sp³-hybridized carbons (Fsp3) is 0.0909. The predicted octanol–water partition coefficient (Wildman–Crippen LogP) is 4.08. The highest BCUT2D eigenvalue weighted by atomic mass is 35.5. The standard InChI is InChI=1S/C11H9ClOS/c1-13-9-4-2-8(3-5-9)10-6-7-11(12)14-10/h2-7H,1H3. The molecule has 2 rings (SSSR count). The quantitative estimate of drug-likeness (QED) is 0.747. The zero-order chi connectivity index (χ0) is 9.97. The van der Waals surface area contributed by atoms with Crippen LogP contribution in [0.3, 0.4) is 0 Å². The number of halogens is 1. The maximum Gasteiger partial charge on any atom is 0.118 e. The van der Waals surface area contributed by atoms with Crippen LogP contribution in [0, 0.1) is 0 Å². The third kappa shape index (κ3) is 1.91. The van der Waals surface area contributed by atoms with Crippen LogP contribution >= 0.6 is 22.9 Å². The van der Waals surface area contributed by atoms with Gasteiger partial charge >= 0.3 is 0 Å².